The van der Waals surface area contributed by atoms with Crippen LogP contribution in [0.2, 0.25) is 0 Å². The Morgan fingerprint density at radius 2 is 1.88 bits per heavy atom. The quantitative estimate of drug-likeness (QED) is 0.685. The summed E-state index contributed by atoms with van der Waals surface area (Å²) < 4.78 is 10.6. The van der Waals surface area contributed by atoms with E-state index >= 15 is 0 Å². The monoisotopic (exact) mass is 337 g/mol. The van der Waals surface area contributed by atoms with Crippen LogP contribution in [0.3, 0.4) is 0 Å². The molecule has 2 N–H and O–H groups in total. The summed E-state index contributed by atoms with van der Waals surface area (Å²) in [7, 11) is 3.24. The first-order chi connectivity index (χ1) is 12.3. The van der Waals surface area contributed by atoms with Crippen molar-refractivity contribution in [3.05, 3.63) is 60.7 Å². The minimum atomic E-state index is 0.632. The van der Waals surface area contributed by atoms with E-state index in [1.807, 2.05) is 42.6 Å². The number of nitrogens with one attached hydrogen (secondary N) is 2. The highest BCUT2D eigenvalue weighted by molar-refractivity contribution is 5.67. The Bertz CT molecular complexity index is 827. The molecule has 0 aliphatic rings. The summed E-state index contributed by atoms with van der Waals surface area (Å²) in [5, 5.41) is 6.48. The summed E-state index contributed by atoms with van der Waals surface area (Å²) >= 11 is 0. The van der Waals surface area contributed by atoms with Gasteiger partial charge in [-0.3, -0.25) is 4.98 Å². The number of methoxy groups -OCH3 is 2. The van der Waals surface area contributed by atoms with Gasteiger partial charge >= 0.3 is 0 Å². The normalized spacial score (nSPS) is 10.2. The molecule has 25 heavy (non-hydrogen) atoms. The van der Waals surface area contributed by atoms with Gasteiger partial charge in [-0.15, -0.1) is 0 Å². The zero-order valence-electron chi connectivity index (χ0n) is 14.1. The SMILES string of the molecule is COc1ccc(OC)c(Nc2cc(NCc3cccnc3)ncn2)c1. The van der Waals surface area contributed by atoms with Crippen molar-refractivity contribution in [1.82, 2.24) is 15.0 Å². The first-order valence-electron chi connectivity index (χ1n) is 7.72. The fourth-order valence-corrected chi connectivity index (χ4v) is 2.27. The first kappa shape index (κ1) is 16.5. The number of hydrogen-bond acceptors (Lipinski definition) is 7. The fourth-order valence-electron chi connectivity index (χ4n) is 2.27. The summed E-state index contributed by atoms with van der Waals surface area (Å²) in [6, 6.07) is 11.3. The highest BCUT2D eigenvalue weighted by atomic mass is 16.5. The second-order valence-corrected chi connectivity index (χ2v) is 5.19. The average Bonchev–Trinajstić information content (AvgIpc) is 2.67. The molecule has 0 saturated heterocycles. The van der Waals surface area contributed by atoms with Crippen molar-refractivity contribution in [2.45, 2.75) is 6.54 Å². The molecule has 2 heterocycles. The number of hydrogen-bond donors (Lipinski definition) is 2. The van der Waals surface area contributed by atoms with Gasteiger partial charge in [0.15, 0.2) is 0 Å². The Kier molecular flexibility index (Phi) is 5.26. The number of aromatic nitrogens is 3. The van der Waals surface area contributed by atoms with Crippen LogP contribution in [-0.2, 0) is 6.54 Å². The van der Waals surface area contributed by atoms with Crippen molar-refractivity contribution < 1.29 is 9.47 Å². The van der Waals surface area contributed by atoms with Crippen LogP contribution < -0.4 is 20.1 Å². The van der Waals surface area contributed by atoms with Crippen LogP contribution >= 0.6 is 0 Å². The standard InChI is InChI=1S/C18H19N5O2/c1-24-14-5-6-16(25-2)15(8-14)23-18-9-17(21-12-22-18)20-11-13-4-3-7-19-10-13/h3-10,12H,11H2,1-2H3,(H2,20,21,22,23). The zero-order valence-corrected chi connectivity index (χ0v) is 14.1. The fraction of sp³-hybridized carbons (Fsp3) is 0.167. The van der Waals surface area contributed by atoms with Crippen LogP contribution in [0.15, 0.2) is 55.1 Å². The van der Waals surface area contributed by atoms with Gasteiger partial charge in [0, 0.05) is 31.1 Å². The lowest BCUT2D eigenvalue weighted by atomic mass is 10.2. The minimum Gasteiger partial charge on any atom is -0.497 e. The molecule has 2 aromatic heterocycles. The molecule has 7 heteroatoms. The molecule has 3 rings (SSSR count). The molecular weight excluding hydrogens is 318 g/mol. The van der Waals surface area contributed by atoms with Crippen molar-refractivity contribution in [3.63, 3.8) is 0 Å². The third-order valence-corrected chi connectivity index (χ3v) is 3.53. The summed E-state index contributed by atoms with van der Waals surface area (Å²) in [6.07, 6.45) is 5.06. The summed E-state index contributed by atoms with van der Waals surface area (Å²) in [4.78, 5) is 12.6. The van der Waals surface area contributed by atoms with Crippen LogP contribution in [0.1, 0.15) is 5.56 Å². The lowest BCUT2D eigenvalue weighted by Gasteiger charge is -2.13. The summed E-state index contributed by atoms with van der Waals surface area (Å²) in [6.45, 7) is 0.632. The van der Waals surface area contributed by atoms with E-state index in [0.29, 0.717) is 23.9 Å². The molecule has 0 unspecified atom stereocenters. The van der Waals surface area contributed by atoms with Gasteiger partial charge in [0.2, 0.25) is 0 Å². The number of anilines is 3. The van der Waals surface area contributed by atoms with Crippen LogP contribution in [0.4, 0.5) is 17.3 Å². The molecule has 7 nitrogen and oxygen atoms in total. The van der Waals surface area contributed by atoms with E-state index in [2.05, 4.69) is 25.6 Å². The van der Waals surface area contributed by atoms with Gasteiger partial charge < -0.3 is 20.1 Å². The second kappa shape index (κ2) is 7.96. The average molecular weight is 337 g/mol. The van der Waals surface area contributed by atoms with Crippen LogP contribution in [0.25, 0.3) is 0 Å². The number of benzene rings is 1. The lowest BCUT2D eigenvalue weighted by Crippen LogP contribution is -2.03. The third kappa shape index (κ3) is 4.35. The van der Waals surface area contributed by atoms with Crippen molar-refractivity contribution in [3.8, 4) is 11.5 Å². The summed E-state index contributed by atoms with van der Waals surface area (Å²) in [5.41, 5.74) is 1.84. The van der Waals surface area contributed by atoms with E-state index < -0.39 is 0 Å². The molecule has 128 valence electrons. The van der Waals surface area contributed by atoms with Crippen LogP contribution in [-0.4, -0.2) is 29.2 Å². The number of ether oxygens (including phenoxy) is 2. The van der Waals surface area contributed by atoms with E-state index in [4.69, 9.17) is 9.47 Å². The summed E-state index contributed by atoms with van der Waals surface area (Å²) in [5.74, 6) is 2.79. The van der Waals surface area contributed by atoms with Gasteiger partial charge in [-0.05, 0) is 23.8 Å². The predicted octanol–water partition coefficient (Wildman–Crippen LogP) is 3.24. The van der Waals surface area contributed by atoms with E-state index in [0.717, 1.165) is 17.0 Å². The lowest BCUT2D eigenvalue weighted by molar-refractivity contribution is 0.405. The van der Waals surface area contributed by atoms with Gasteiger partial charge in [-0.25, -0.2) is 9.97 Å². The molecule has 0 spiro atoms. The topological polar surface area (TPSA) is 81.2 Å². The zero-order chi connectivity index (χ0) is 17.5. The van der Waals surface area contributed by atoms with E-state index in [9.17, 15) is 0 Å². The number of pyridine rings is 1. The molecule has 3 aromatic rings. The van der Waals surface area contributed by atoms with Gasteiger partial charge in [0.1, 0.15) is 29.5 Å². The molecule has 0 amide bonds. The Labute approximate surface area is 146 Å². The van der Waals surface area contributed by atoms with Gasteiger partial charge in [0.25, 0.3) is 0 Å². The van der Waals surface area contributed by atoms with Crippen molar-refractivity contribution in [2.75, 3.05) is 24.9 Å². The second-order valence-electron chi connectivity index (χ2n) is 5.19. The Morgan fingerprint density at radius 1 is 1.00 bits per heavy atom. The highest BCUT2D eigenvalue weighted by Gasteiger charge is 2.07. The predicted molar refractivity (Wildman–Crippen MR) is 96.4 cm³/mol. The van der Waals surface area contributed by atoms with Crippen LogP contribution in [0.5, 0.6) is 11.5 Å². The van der Waals surface area contributed by atoms with Crippen molar-refractivity contribution in [1.29, 1.82) is 0 Å². The molecule has 0 fully saturated rings. The molecule has 0 bridgehead atoms. The maximum atomic E-state index is 5.37. The van der Waals surface area contributed by atoms with Crippen molar-refractivity contribution in [2.24, 2.45) is 0 Å². The Morgan fingerprint density at radius 3 is 2.64 bits per heavy atom. The van der Waals surface area contributed by atoms with Gasteiger partial charge in [-0.2, -0.15) is 0 Å². The number of nitrogens with zero attached hydrogens (tertiary/aromatic N) is 3. The molecule has 0 aliphatic carbocycles. The molecule has 0 atom stereocenters. The van der Waals surface area contributed by atoms with Gasteiger partial charge in [-0.1, -0.05) is 6.07 Å². The van der Waals surface area contributed by atoms with Crippen molar-refractivity contribution >= 4 is 17.3 Å². The van der Waals surface area contributed by atoms with E-state index in [-0.39, 0.29) is 0 Å². The molecule has 1 aromatic carbocycles. The molecule has 0 aliphatic heterocycles. The largest absolute Gasteiger partial charge is 0.497 e. The molecule has 0 radical (unpaired) electrons. The number of rotatable bonds is 7. The minimum absolute atomic E-state index is 0.632. The van der Waals surface area contributed by atoms with Crippen LogP contribution in [0, 0.1) is 0 Å². The molecular formula is C18H19N5O2. The highest BCUT2D eigenvalue weighted by Crippen LogP contribution is 2.31. The van der Waals surface area contributed by atoms with E-state index in [1.54, 1.807) is 20.4 Å². The maximum absolute atomic E-state index is 5.37. The Balaban J connectivity index is 1.73. The smallest absolute Gasteiger partial charge is 0.142 e. The van der Waals surface area contributed by atoms with E-state index in [1.165, 1.54) is 6.33 Å². The molecule has 0 saturated carbocycles. The third-order valence-electron chi connectivity index (χ3n) is 3.53. The van der Waals surface area contributed by atoms with Gasteiger partial charge in [0.05, 0.1) is 19.9 Å². The maximum Gasteiger partial charge on any atom is 0.142 e. The Hall–Kier alpha value is -3.35. The first-order valence-corrected chi connectivity index (χ1v) is 7.72.